The average Bonchev–Trinajstić information content (AvgIpc) is 2.92. The number of pyridine rings is 1. The molecular formula is C14H17N3O3S. The molecule has 7 heteroatoms. The van der Waals surface area contributed by atoms with Gasteiger partial charge < -0.3 is 0 Å². The minimum atomic E-state index is -3.50. The van der Waals surface area contributed by atoms with E-state index in [0.717, 1.165) is 31.9 Å². The lowest BCUT2D eigenvalue weighted by molar-refractivity contribution is 0.512. The third-order valence-corrected chi connectivity index (χ3v) is 4.81. The van der Waals surface area contributed by atoms with Crippen molar-refractivity contribution in [3.05, 3.63) is 28.2 Å². The van der Waals surface area contributed by atoms with E-state index in [0.29, 0.717) is 16.6 Å². The lowest BCUT2D eigenvalue weighted by atomic mass is 10.2. The van der Waals surface area contributed by atoms with Gasteiger partial charge in [-0.25, -0.2) is 13.4 Å². The van der Waals surface area contributed by atoms with Crippen LogP contribution in [0.2, 0.25) is 0 Å². The van der Waals surface area contributed by atoms with E-state index in [1.165, 1.54) is 6.20 Å². The number of fused-ring (bicyclic) bond motifs is 1. The quantitative estimate of drug-likeness (QED) is 0.787. The molecule has 2 heterocycles. The van der Waals surface area contributed by atoms with Crippen LogP contribution < -0.4 is 5.56 Å². The van der Waals surface area contributed by atoms with Gasteiger partial charge >= 0.3 is 0 Å². The fraction of sp³-hybridized carbons (Fsp3) is 0.500. The molecule has 0 spiro atoms. The Kier molecular flexibility index (Phi) is 3.32. The van der Waals surface area contributed by atoms with Crippen molar-refractivity contribution in [2.24, 2.45) is 0 Å². The highest BCUT2D eigenvalue weighted by Gasteiger charge is 2.22. The first-order chi connectivity index (χ1) is 9.88. The second kappa shape index (κ2) is 4.91. The molecule has 0 bridgehead atoms. The molecule has 21 heavy (non-hydrogen) atoms. The molecule has 0 saturated heterocycles. The summed E-state index contributed by atoms with van der Waals surface area (Å²) in [6.07, 6.45) is 6.57. The molecule has 0 radical (unpaired) electrons. The van der Waals surface area contributed by atoms with E-state index in [1.807, 2.05) is 0 Å². The maximum absolute atomic E-state index is 12.5. The smallest absolute Gasteiger partial charge is 0.255 e. The van der Waals surface area contributed by atoms with Crippen LogP contribution in [0.4, 0.5) is 0 Å². The lowest BCUT2D eigenvalue weighted by Gasteiger charge is -2.17. The van der Waals surface area contributed by atoms with Gasteiger partial charge in [0.15, 0.2) is 0 Å². The summed E-state index contributed by atoms with van der Waals surface area (Å²) in [4.78, 5) is 20.5. The van der Waals surface area contributed by atoms with Crippen LogP contribution in [-0.4, -0.2) is 29.2 Å². The minimum absolute atomic E-state index is 0.0902. The van der Waals surface area contributed by atoms with Gasteiger partial charge in [-0.1, -0.05) is 12.8 Å². The van der Waals surface area contributed by atoms with Gasteiger partial charge in [0.1, 0.15) is 5.65 Å². The van der Waals surface area contributed by atoms with Crippen LogP contribution in [0.25, 0.3) is 11.0 Å². The second-order valence-electron chi connectivity index (χ2n) is 5.64. The number of hydrogen-bond acceptors (Lipinski definition) is 5. The highest BCUT2D eigenvalue weighted by atomic mass is 32.2. The van der Waals surface area contributed by atoms with Crippen molar-refractivity contribution >= 4 is 20.9 Å². The molecule has 6 nitrogen and oxygen atoms in total. The van der Waals surface area contributed by atoms with E-state index >= 15 is 0 Å². The maximum atomic E-state index is 12.5. The Hall–Kier alpha value is -1.76. The first-order valence-electron chi connectivity index (χ1n) is 6.97. The Morgan fingerprint density at radius 1 is 1.29 bits per heavy atom. The van der Waals surface area contributed by atoms with Gasteiger partial charge in [-0.2, -0.15) is 4.98 Å². The highest BCUT2D eigenvalue weighted by molar-refractivity contribution is 7.90. The number of aryl methyl sites for hydroxylation is 1. The molecule has 2 aromatic rings. The fourth-order valence-corrected chi connectivity index (χ4v) is 3.42. The van der Waals surface area contributed by atoms with Crippen LogP contribution in [0.3, 0.4) is 0 Å². The monoisotopic (exact) mass is 307 g/mol. The highest BCUT2D eigenvalue weighted by Crippen LogP contribution is 2.30. The van der Waals surface area contributed by atoms with E-state index in [-0.39, 0.29) is 16.8 Å². The third kappa shape index (κ3) is 2.46. The molecule has 3 rings (SSSR count). The first kappa shape index (κ1) is 14.2. The summed E-state index contributed by atoms with van der Waals surface area (Å²) in [5, 5.41) is 0.469. The van der Waals surface area contributed by atoms with E-state index in [1.54, 1.807) is 17.6 Å². The standard InChI is InChI=1S/C14H17N3O3S/c1-9-7-10-8-15-14(21(2,19)20)16-12(10)17(13(9)18)11-5-3-4-6-11/h7-8,11H,3-6H2,1-2H3. The van der Waals surface area contributed by atoms with Crippen molar-refractivity contribution in [3.8, 4) is 0 Å². The molecule has 0 aliphatic heterocycles. The van der Waals surface area contributed by atoms with Crippen LogP contribution in [0.1, 0.15) is 37.3 Å². The van der Waals surface area contributed by atoms with E-state index in [2.05, 4.69) is 9.97 Å². The van der Waals surface area contributed by atoms with Crippen molar-refractivity contribution < 1.29 is 8.42 Å². The molecular weight excluding hydrogens is 290 g/mol. The number of hydrogen-bond donors (Lipinski definition) is 0. The van der Waals surface area contributed by atoms with E-state index in [9.17, 15) is 13.2 Å². The van der Waals surface area contributed by atoms with Crippen molar-refractivity contribution in [2.45, 2.75) is 43.8 Å². The molecule has 0 unspecified atom stereocenters. The van der Waals surface area contributed by atoms with Gasteiger partial charge in [0.25, 0.3) is 5.56 Å². The SMILES string of the molecule is Cc1cc2cnc(S(C)(=O)=O)nc2n(C2CCCC2)c1=O. The second-order valence-corrected chi connectivity index (χ2v) is 7.55. The molecule has 1 aliphatic rings. The summed E-state index contributed by atoms with van der Waals surface area (Å²) in [6, 6.07) is 1.82. The van der Waals surface area contributed by atoms with Crippen molar-refractivity contribution in [2.75, 3.05) is 6.26 Å². The van der Waals surface area contributed by atoms with Crippen LogP contribution >= 0.6 is 0 Å². The Balaban J connectivity index is 2.36. The number of sulfone groups is 1. The maximum Gasteiger partial charge on any atom is 0.255 e. The largest absolute Gasteiger partial charge is 0.289 e. The molecule has 0 aromatic carbocycles. The summed E-state index contributed by atoms with van der Waals surface area (Å²) >= 11 is 0. The lowest BCUT2D eigenvalue weighted by Crippen LogP contribution is -2.26. The zero-order valence-electron chi connectivity index (χ0n) is 12.0. The predicted molar refractivity (Wildman–Crippen MR) is 79.1 cm³/mol. The van der Waals surface area contributed by atoms with E-state index in [4.69, 9.17) is 0 Å². The van der Waals surface area contributed by atoms with Gasteiger partial charge in [0.05, 0.1) is 0 Å². The molecule has 112 valence electrons. The Labute approximate surface area is 122 Å². The van der Waals surface area contributed by atoms with E-state index < -0.39 is 9.84 Å². The summed E-state index contributed by atoms with van der Waals surface area (Å²) in [5.41, 5.74) is 0.964. The molecule has 0 N–H and O–H groups in total. The minimum Gasteiger partial charge on any atom is -0.289 e. The average molecular weight is 307 g/mol. The fourth-order valence-electron chi connectivity index (χ4n) is 2.92. The number of aromatic nitrogens is 3. The topological polar surface area (TPSA) is 81.9 Å². The van der Waals surface area contributed by atoms with Crippen LogP contribution in [0.15, 0.2) is 22.2 Å². The van der Waals surface area contributed by atoms with Crippen LogP contribution in [-0.2, 0) is 9.84 Å². The summed E-state index contributed by atoms with van der Waals surface area (Å²) in [7, 11) is -3.50. The molecule has 0 atom stereocenters. The zero-order chi connectivity index (χ0) is 15.2. The summed E-state index contributed by atoms with van der Waals surface area (Å²) in [5.74, 6) is 0. The molecule has 1 fully saturated rings. The van der Waals surface area contributed by atoms with Crippen molar-refractivity contribution in [3.63, 3.8) is 0 Å². The summed E-state index contributed by atoms with van der Waals surface area (Å²) in [6.45, 7) is 1.76. The molecule has 0 amide bonds. The van der Waals surface area contributed by atoms with Crippen LogP contribution in [0.5, 0.6) is 0 Å². The summed E-state index contributed by atoms with van der Waals surface area (Å²) < 4.78 is 25.0. The third-order valence-electron chi connectivity index (χ3n) is 3.95. The molecule has 1 aliphatic carbocycles. The molecule has 1 saturated carbocycles. The Morgan fingerprint density at radius 2 is 1.95 bits per heavy atom. The van der Waals surface area contributed by atoms with Gasteiger partial charge in [-0.15, -0.1) is 0 Å². The normalized spacial score (nSPS) is 16.7. The first-order valence-corrected chi connectivity index (χ1v) is 8.86. The van der Waals surface area contributed by atoms with Gasteiger partial charge in [0, 0.05) is 29.4 Å². The van der Waals surface area contributed by atoms with Gasteiger partial charge in [-0.3, -0.25) is 9.36 Å². The number of rotatable bonds is 2. The van der Waals surface area contributed by atoms with Crippen molar-refractivity contribution in [1.82, 2.24) is 14.5 Å². The predicted octanol–water partition coefficient (Wildman–Crippen LogP) is 1.62. The van der Waals surface area contributed by atoms with Crippen LogP contribution in [0, 0.1) is 6.92 Å². The van der Waals surface area contributed by atoms with Crippen molar-refractivity contribution in [1.29, 1.82) is 0 Å². The number of nitrogens with zero attached hydrogens (tertiary/aromatic N) is 3. The van der Waals surface area contributed by atoms with Gasteiger partial charge in [-0.05, 0) is 25.8 Å². The Bertz CT molecular complexity index is 865. The Morgan fingerprint density at radius 3 is 2.57 bits per heavy atom. The zero-order valence-corrected chi connectivity index (χ0v) is 12.9. The van der Waals surface area contributed by atoms with Gasteiger partial charge in [0.2, 0.25) is 15.0 Å². The molecule has 2 aromatic heterocycles.